The molecule has 2 aromatic carbocycles. The van der Waals surface area contributed by atoms with E-state index in [-0.39, 0.29) is 16.6 Å². The van der Waals surface area contributed by atoms with Crippen LogP contribution in [0.15, 0.2) is 30.3 Å². The molecule has 0 unspecified atom stereocenters. The first-order valence-corrected chi connectivity index (χ1v) is 9.25. The van der Waals surface area contributed by atoms with E-state index in [1.807, 2.05) is 19.9 Å². The van der Waals surface area contributed by atoms with Crippen LogP contribution in [0.2, 0.25) is 0 Å². The summed E-state index contributed by atoms with van der Waals surface area (Å²) in [5.41, 5.74) is 3.66. The second kappa shape index (κ2) is 8.76. The molecular weight excluding hydrogens is 374 g/mol. The molecule has 0 aromatic heterocycles. The second-order valence-corrected chi connectivity index (χ2v) is 8.01. The van der Waals surface area contributed by atoms with Crippen LogP contribution in [-0.4, -0.2) is 40.0 Å². The lowest BCUT2D eigenvalue weighted by atomic mass is 9.83. The number of hydrogen-bond donors (Lipinski definition) is 3. The van der Waals surface area contributed by atoms with Gasteiger partial charge in [0.2, 0.25) is 0 Å². The summed E-state index contributed by atoms with van der Waals surface area (Å²) in [4.78, 5) is 25.9. The molecule has 0 aliphatic heterocycles. The Morgan fingerprint density at radius 3 is 2.21 bits per heavy atom. The highest BCUT2D eigenvalue weighted by atomic mass is 19.1. The van der Waals surface area contributed by atoms with E-state index < -0.39 is 37.3 Å². The zero-order valence-electron chi connectivity index (χ0n) is 17.3. The van der Waals surface area contributed by atoms with Crippen molar-refractivity contribution in [1.82, 2.24) is 10.4 Å². The Morgan fingerprint density at radius 2 is 1.72 bits per heavy atom. The van der Waals surface area contributed by atoms with Crippen LogP contribution < -0.4 is 10.9 Å². The molecule has 0 aliphatic rings. The predicted molar refractivity (Wildman–Crippen MR) is 111 cm³/mol. The number of halogens is 1. The highest BCUT2D eigenvalue weighted by Crippen LogP contribution is 2.19. The first kappa shape index (κ1) is 22.6. The van der Waals surface area contributed by atoms with Crippen molar-refractivity contribution < 1.29 is 24.1 Å². The van der Waals surface area contributed by atoms with Gasteiger partial charge in [0.1, 0.15) is 5.82 Å². The molecule has 0 aliphatic carbocycles. The topological polar surface area (TPSA) is 89.9 Å². The second-order valence-electron chi connectivity index (χ2n) is 8.01. The summed E-state index contributed by atoms with van der Waals surface area (Å²) in [7, 11) is -0.464. The van der Waals surface area contributed by atoms with E-state index >= 15 is 0 Å². The molecule has 6 nitrogen and oxygen atoms in total. The molecule has 0 bridgehead atoms. The number of aliphatic hydroxyl groups is 1. The van der Waals surface area contributed by atoms with Crippen molar-refractivity contribution in [2.24, 2.45) is 0 Å². The smallest absolute Gasteiger partial charge is 0.305 e. The third kappa shape index (κ3) is 5.02. The highest BCUT2D eigenvalue weighted by molar-refractivity contribution is 6.46. The maximum absolute atomic E-state index is 14.7. The maximum Gasteiger partial charge on any atom is 0.305 e. The minimum atomic E-state index is -0.927. The number of carbonyl (C=O) groups excluding carboxylic acids is 2. The summed E-state index contributed by atoms with van der Waals surface area (Å²) in [6.45, 7) is 8.33. The van der Waals surface area contributed by atoms with E-state index in [1.54, 1.807) is 32.9 Å². The van der Waals surface area contributed by atoms with Gasteiger partial charge in [-0.15, -0.1) is 0 Å². The van der Waals surface area contributed by atoms with Gasteiger partial charge in [-0.1, -0.05) is 23.3 Å². The number of aryl methyl sites for hydroxylation is 2. The van der Waals surface area contributed by atoms with E-state index in [9.17, 15) is 24.1 Å². The average molecular weight is 400 g/mol. The van der Waals surface area contributed by atoms with Crippen LogP contribution in [0.1, 0.15) is 58.2 Å². The van der Waals surface area contributed by atoms with Crippen LogP contribution in [-0.2, 0) is 6.61 Å². The van der Waals surface area contributed by atoms with Gasteiger partial charge in [-0.05, 0) is 58.3 Å². The van der Waals surface area contributed by atoms with Crippen LogP contribution in [0.25, 0.3) is 0 Å². The molecule has 0 fully saturated rings. The Balaban J connectivity index is 2.41. The van der Waals surface area contributed by atoms with Crippen LogP contribution in [0.4, 0.5) is 4.39 Å². The number of amides is 2. The maximum atomic E-state index is 14.7. The molecule has 0 atom stereocenters. The molecule has 0 saturated carbocycles. The Kier molecular flexibility index (Phi) is 6.82. The third-order valence-corrected chi connectivity index (χ3v) is 4.47. The fourth-order valence-corrected chi connectivity index (χ4v) is 3.07. The number of rotatable bonds is 4. The van der Waals surface area contributed by atoms with Gasteiger partial charge in [0.25, 0.3) is 11.8 Å². The van der Waals surface area contributed by atoms with Gasteiger partial charge in [0.15, 0.2) is 0 Å². The van der Waals surface area contributed by atoms with Crippen molar-refractivity contribution in [3.8, 4) is 0 Å². The zero-order chi connectivity index (χ0) is 21.9. The van der Waals surface area contributed by atoms with Gasteiger partial charge in [-0.25, -0.2) is 9.40 Å². The molecule has 29 heavy (non-hydrogen) atoms. The first-order chi connectivity index (χ1) is 13.5. The quantitative estimate of drug-likeness (QED) is 0.536. The minimum absolute atomic E-state index is 0.150. The third-order valence-electron chi connectivity index (χ3n) is 4.47. The Bertz CT molecular complexity index is 921. The zero-order valence-corrected chi connectivity index (χ0v) is 17.3. The fourth-order valence-electron chi connectivity index (χ4n) is 3.07. The number of hydrazine groups is 1. The monoisotopic (exact) mass is 400 g/mol. The van der Waals surface area contributed by atoms with Crippen molar-refractivity contribution in [3.05, 3.63) is 64.0 Å². The minimum Gasteiger partial charge on any atom is -0.449 e. The number of aliphatic hydroxyl groups excluding tert-OH is 1. The van der Waals surface area contributed by atoms with Gasteiger partial charge in [0, 0.05) is 11.1 Å². The van der Waals surface area contributed by atoms with Gasteiger partial charge >= 0.3 is 7.48 Å². The van der Waals surface area contributed by atoms with Crippen molar-refractivity contribution in [2.45, 2.75) is 46.8 Å². The number of hydrogen-bond acceptors (Lipinski definition) is 4. The summed E-state index contributed by atoms with van der Waals surface area (Å²) >= 11 is 0. The molecule has 2 rings (SSSR count). The summed E-state index contributed by atoms with van der Waals surface area (Å²) in [6.07, 6.45) is 0. The lowest BCUT2D eigenvalue weighted by Gasteiger charge is -2.35. The predicted octanol–water partition coefficient (Wildman–Crippen LogP) is 1.49. The van der Waals surface area contributed by atoms with Crippen molar-refractivity contribution in [3.63, 3.8) is 0 Å². The molecule has 0 spiro atoms. The lowest BCUT2D eigenvalue weighted by molar-refractivity contribution is 0.0356. The van der Waals surface area contributed by atoms with E-state index in [0.717, 1.165) is 11.1 Å². The van der Waals surface area contributed by atoms with E-state index in [4.69, 9.17) is 0 Å². The number of nitrogens with one attached hydrogen (secondary N) is 1. The number of carbonyl (C=O) groups is 2. The molecule has 154 valence electrons. The van der Waals surface area contributed by atoms with Crippen LogP contribution in [0, 0.1) is 19.7 Å². The van der Waals surface area contributed by atoms with Gasteiger partial charge in [0.05, 0.1) is 17.7 Å². The summed E-state index contributed by atoms with van der Waals surface area (Å²) in [5, 5.41) is 19.8. The van der Waals surface area contributed by atoms with Gasteiger partial charge < -0.3 is 10.1 Å². The first-order valence-electron chi connectivity index (χ1n) is 9.25. The van der Waals surface area contributed by atoms with Gasteiger partial charge in [-0.3, -0.25) is 15.0 Å². The van der Waals surface area contributed by atoms with Crippen molar-refractivity contribution in [1.29, 1.82) is 0 Å². The Labute approximate surface area is 170 Å². The fraction of sp³-hybridized carbons (Fsp3) is 0.333. The molecule has 0 radical (unpaired) electrons. The average Bonchev–Trinajstić information content (AvgIpc) is 2.63. The SMILES string of the molecule is Cc1cc(C)cc(C(=O)N(NC(=O)c2ccc(BO)c(CO)c2F)C(C)(C)C)c1. The standard InChI is InChI=1S/C21H26BFN2O4/c1-12-8-13(2)10-14(9-12)20(28)25(21(3,4)5)24-19(27)15-6-7-17(22-29)16(11-26)18(15)23/h6-10,22,26,29H,11H2,1-5H3,(H,24,27). The largest absolute Gasteiger partial charge is 0.449 e. The van der Waals surface area contributed by atoms with Crippen molar-refractivity contribution >= 4 is 24.8 Å². The molecular formula is C21H26BFN2O4. The number of benzene rings is 2. The Hall–Kier alpha value is -2.71. The van der Waals surface area contributed by atoms with Crippen LogP contribution >= 0.6 is 0 Å². The van der Waals surface area contributed by atoms with E-state index in [0.29, 0.717) is 5.56 Å². The molecule has 2 aromatic rings. The Morgan fingerprint density at radius 1 is 1.14 bits per heavy atom. The lowest BCUT2D eigenvalue weighted by Crippen LogP contribution is -2.56. The van der Waals surface area contributed by atoms with Crippen LogP contribution in [0.3, 0.4) is 0 Å². The van der Waals surface area contributed by atoms with Crippen LogP contribution in [0.5, 0.6) is 0 Å². The summed E-state index contributed by atoms with van der Waals surface area (Å²) in [6, 6.07) is 7.97. The van der Waals surface area contributed by atoms with Crippen molar-refractivity contribution in [2.75, 3.05) is 0 Å². The summed E-state index contributed by atoms with van der Waals surface area (Å²) < 4.78 is 14.7. The molecule has 2 amide bonds. The molecule has 3 N–H and O–H groups in total. The normalized spacial score (nSPS) is 11.2. The molecule has 0 heterocycles. The molecule has 0 saturated heterocycles. The van der Waals surface area contributed by atoms with E-state index in [1.165, 1.54) is 17.1 Å². The number of nitrogens with zero attached hydrogens (tertiary/aromatic N) is 1. The summed E-state index contributed by atoms with van der Waals surface area (Å²) in [5.74, 6) is -2.17. The van der Waals surface area contributed by atoms with Gasteiger partial charge in [-0.2, -0.15) is 0 Å². The highest BCUT2D eigenvalue weighted by Gasteiger charge is 2.31. The van der Waals surface area contributed by atoms with E-state index in [2.05, 4.69) is 5.43 Å². The molecule has 8 heteroatoms.